The first-order valence-corrected chi connectivity index (χ1v) is 4.98. The van der Waals surface area contributed by atoms with E-state index in [4.69, 9.17) is 10.2 Å². The Bertz CT molecular complexity index is 194. The van der Waals surface area contributed by atoms with E-state index in [0.29, 0.717) is 12.8 Å². The standard InChI is InChI=1S/C10H18O4.H3N/c1-8(10(13)14)6-4-2-3-5-7-9(11)12;/h8H,2-7H2,1H3,(H,11,12)(H,13,14);1H3. The molecule has 0 aromatic heterocycles. The molecule has 0 bridgehead atoms. The number of hydrogen-bond donors (Lipinski definition) is 3. The number of carboxylic acid groups (broad SMARTS) is 2. The number of carbonyl (C=O) groups is 2. The largest absolute Gasteiger partial charge is 0.481 e. The van der Waals surface area contributed by atoms with Gasteiger partial charge in [0.1, 0.15) is 0 Å². The van der Waals surface area contributed by atoms with Gasteiger partial charge >= 0.3 is 11.9 Å². The summed E-state index contributed by atoms with van der Waals surface area (Å²) in [5.74, 6) is -1.80. The van der Waals surface area contributed by atoms with Crippen LogP contribution >= 0.6 is 0 Å². The second-order valence-corrected chi connectivity index (χ2v) is 3.59. The summed E-state index contributed by atoms with van der Waals surface area (Å²) in [5.41, 5.74) is 0. The Kier molecular flexibility index (Phi) is 10.3. The molecule has 0 aliphatic carbocycles. The lowest BCUT2D eigenvalue weighted by atomic mass is 10.0. The lowest BCUT2D eigenvalue weighted by Gasteiger charge is -2.04. The number of aliphatic carboxylic acids is 2. The van der Waals surface area contributed by atoms with Crippen molar-refractivity contribution in [2.45, 2.75) is 45.4 Å². The molecule has 5 heteroatoms. The molecule has 0 aliphatic rings. The zero-order valence-electron chi connectivity index (χ0n) is 9.24. The number of hydrogen-bond acceptors (Lipinski definition) is 3. The van der Waals surface area contributed by atoms with Crippen LogP contribution in [0.4, 0.5) is 0 Å². The van der Waals surface area contributed by atoms with Crippen molar-refractivity contribution in [3.05, 3.63) is 0 Å². The highest BCUT2D eigenvalue weighted by atomic mass is 16.4. The van der Waals surface area contributed by atoms with Gasteiger partial charge in [0, 0.05) is 6.42 Å². The van der Waals surface area contributed by atoms with Crippen molar-refractivity contribution in [3.8, 4) is 0 Å². The van der Waals surface area contributed by atoms with Gasteiger partial charge in [0.25, 0.3) is 0 Å². The third-order valence-electron chi connectivity index (χ3n) is 2.20. The van der Waals surface area contributed by atoms with Crippen LogP contribution in [0.1, 0.15) is 45.4 Å². The topological polar surface area (TPSA) is 110 Å². The molecule has 0 amide bonds. The van der Waals surface area contributed by atoms with Crippen LogP contribution in [0.25, 0.3) is 0 Å². The minimum Gasteiger partial charge on any atom is -0.481 e. The predicted octanol–water partition coefficient (Wildman–Crippen LogP) is 2.29. The molecule has 90 valence electrons. The van der Waals surface area contributed by atoms with Crippen molar-refractivity contribution >= 4 is 11.9 Å². The summed E-state index contributed by atoms with van der Waals surface area (Å²) in [5, 5.41) is 16.9. The van der Waals surface area contributed by atoms with Crippen LogP contribution < -0.4 is 6.15 Å². The number of rotatable bonds is 8. The Morgan fingerprint density at radius 1 is 1.07 bits per heavy atom. The van der Waals surface area contributed by atoms with Crippen molar-refractivity contribution in [3.63, 3.8) is 0 Å². The van der Waals surface area contributed by atoms with E-state index in [0.717, 1.165) is 19.3 Å². The van der Waals surface area contributed by atoms with Crippen LogP contribution in [0, 0.1) is 5.92 Å². The third-order valence-corrected chi connectivity index (χ3v) is 2.20. The van der Waals surface area contributed by atoms with E-state index in [9.17, 15) is 9.59 Å². The van der Waals surface area contributed by atoms with Crippen LogP contribution in [0.15, 0.2) is 0 Å². The van der Waals surface area contributed by atoms with Gasteiger partial charge in [-0.25, -0.2) is 0 Å². The summed E-state index contributed by atoms with van der Waals surface area (Å²) in [4.78, 5) is 20.6. The van der Waals surface area contributed by atoms with Gasteiger partial charge in [0.15, 0.2) is 0 Å². The molecule has 1 unspecified atom stereocenters. The highest BCUT2D eigenvalue weighted by Gasteiger charge is 2.09. The summed E-state index contributed by atoms with van der Waals surface area (Å²) >= 11 is 0. The van der Waals surface area contributed by atoms with E-state index in [2.05, 4.69) is 0 Å². The number of unbranched alkanes of at least 4 members (excludes halogenated alkanes) is 3. The Morgan fingerprint density at radius 2 is 1.60 bits per heavy atom. The lowest BCUT2D eigenvalue weighted by molar-refractivity contribution is -0.141. The Hall–Kier alpha value is -1.10. The first-order chi connectivity index (χ1) is 6.54. The highest BCUT2D eigenvalue weighted by molar-refractivity contribution is 5.69. The van der Waals surface area contributed by atoms with E-state index in [1.807, 2.05) is 0 Å². The molecule has 0 fully saturated rings. The summed E-state index contributed by atoms with van der Waals surface area (Å²) in [6.07, 6.45) is 4.25. The zero-order chi connectivity index (χ0) is 11.0. The highest BCUT2D eigenvalue weighted by Crippen LogP contribution is 2.11. The maximum absolute atomic E-state index is 10.4. The van der Waals surface area contributed by atoms with Gasteiger partial charge in [0.2, 0.25) is 0 Å². The van der Waals surface area contributed by atoms with Gasteiger partial charge in [-0.15, -0.1) is 0 Å². The van der Waals surface area contributed by atoms with Crippen LogP contribution in [0.5, 0.6) is 0 Å². The van der Waals surface area contributed by atoms with Gasteiger partial charge in [-0.3, -0.25) is 9.59 Å². The molecule has 0 spiro atoms. The maximum atomic E-state index is 10.4. The monoisotopic (exact) mass is 219 g/mol. The van der Waals surface area contributed by atoms with Crippen LogP contribution in [0.3, 0.4) is 0 Å². The van der Waals surface area contributed by atoms with Crippen molar-refractivity contribution in [1.29, 1.82) is 0 Å². The molecule has 0 radical (unpaired) electrons. The average molecular weight is 219 g/mol. The van der Waals surface area contributed by atoms with Crippen molar-refractivity contribution < 1.29 is 19.8 Å². The van der Waals surface area contributed by atoms with E-state index < -0.39 is 11.9 Å². The van der Waals surface area contributed by atoms with E-state index in [-0.39, 0.29) is 18.5 Å². The van der Waals surface area contributed by atoms with Crippen molar-refractivity contribution in [1.82, 2.24) is 6.15 Å². The molecule has 1 atom stereocenters. The first-order valence-electron chi connectivity index (χ1n) is 4.98. The summed E-state index contributed by atoms with van der Waals surface area (Å²) < 4.78 is 0. The molecule has 0 rings (SSSR count). The van der Waals surface area contributed by atoms with Crippen molar-refractivity contribution in [2.75, 3.05) is 0 Å². The van der Waals surface area contributed by atoms with Gasteiger partial charge in [-0.1, -0.05) is 26.2 Å². The molecule has 0 heterocycles. The molecule has 0 aromatic carbocycles. The molecular formula is C10H21NO4. The fourth-order valence-electron chi connectivity index (χ4n) is 1.20. The van der Waals surface area contributed by atoms with E-state index in [1.165, 1.54) is 0 Å². The smallest absolute Gasteiger partial charge is 0.306 e. The summed E-state index contributed by atoms with van der Waals surface area (Å²) in [6.45, 7) is 1.69. The van der Waals surface area contributed by atoms with Crippen LogP contribution in [-0.2, 0) is 9.59 Å². The normalized spacial score (nSPS) is 11.5. The lowest BCUT2D eigenvalue weighted by Crippen LogP contribution is -2.08. The number of carboxylic acids is 2. The molecule has 15 heavy (non-hydrogen) atoms. The fourth-order valence-corrected chi connectivity index (χ4v) is 1.20. The van der Waals surface area contributed by atoms with Crippen LogP contribution in [-0.4, -0.2) is 22.2 Å². The van der Waals surface area contributed by atoms with Gasteiger partial charge in [0.05, 0.1) is 5.92 Å². The zero-order valence-corrected chi connectivity index (χ0v) is 9.24. The first kappa shape index (κ1) is 16.3. The van der Waals surface area contributed by atoms with E-state index in [1.54, 1.807) is 6.92 Å². The molecule has 0 aromatic rings. The Labute approximate surface area is 90.1 Å². The average Bonchev–Trinajstić information content (AvgIpc) is 2.09. The van der Waals surface area contributed by atoms with Crippen LogP contribution in [0.2, 0.25) is 0 Å². The van der Waals surface area contributed by atoms with Crippen molar-refractivity contribution in [2.24, 2.45) is 5.92 Å². The van der Waals surface area contributed by atoms with Gasteiger partial charge in [-0.05, 0) is 12.8 Å². The Morgan fingerprint density at radius 3 is 2.07 bits per heavy atom. The Balaban J connectivity index is 0. The fraction of sp³-hybridized carbons (Fsp3) is 0.800. The molecule has 0 saturated heterocycles. The third kappa shape index (κ3) is 10.8. The second-order valence-electron chi connectivity index (χ2n) is 3.59. The van der Waals surface area contributed by atoms with Gasteiger partial charge < -0.3 is 16.4 Å². The van der Waals surface area contributed by atoms with E-state index >= 15 is 0 Å². The molecule has 5 N–H and O–H groups in total. The molecular weight excluding hydrogens is 198 g/mol. The molecule has 0 saturated carbocycles. The second kappa shape index (κ2) is 9.45. The van der Waals surface area contributed by atoms with Gasteiger partial charge in [-0.2, -0.15) is 0 Å². The minimum absolute atomic E-state index is 0. The quantitative estimate of drug-likeness (QED) is 0.542. The predicted molar refractivity (Wildman–Crippen MR) is 57.2 cm³/mol. The molecule has 0 aliphatic heterocycles. The SMILES string of the molecule is CC(CCCCCCC(=O)O)C(=O)O.N. The summed E-state index contributed by atoms with van der Waals surface area (Å²) in [7, 11) is 0. The summed E-state index contributed by atoms with van der Waals surface area (Å²) in [6, 6.07) is 0. The molecule has 5 nitrogen and oxygen atoms in total. The minimum atomic E-state index is -0.760. The maximum Gasteiger partial charge on any atom is 0.306 e.